The first-order chi connectivity index (χ1) is 7.10. The largest absolute Gasteiger partial charge is 0.289 e. The zero-order chi connectivity index (χ0) is 11.4. The number of aryl methyl sites for hydroxylation is 1. The maximum atomic E-state index is 12.0. The average molecular weight is 223 g/mol. The second-order valence-electron chi connectivity index (χ2n) is 3.48. The summed E-state index contributed by atoms with van der Waals surface area (Å²) in [6.45, 7) is 5.80. The van der Waals surface area contributed by atoms with Gasteiger partial charge >= 0.3 is 0 Å². The molecule has 15 heavy (non-hydrogen) atoms. The molecule has 2 heteroatoms. The van der Waals surface area contributed by atoms with Crippen molar-refractivity contribution in [1.82, 2.24) is 0 Å². The number of hydrogen-bond donors (Lipinski definition) is 0. The van der Waals surface area contributed by atoms with Crippen LogP contribution >= 0.6 is 11.6 Å². The fourth-order valence-corrected chi connectivity index (χ4v) is 1.69. The normalized spacial score (nSPS) is 11.6. The number of benzene rings is 1. The summed E-state index contributed by atoms with van der Waals surface area (Å²) in [4.78, 5) is 12.0. The van der Waals surface area contributed by atoms with Gasteiger partial charge in [-0.1, -0.05) is 36.2 Å². The molecule has 0 atom stereocenters. The number of carbonyl (C=O) groups is 1. The number of ketones is 1. The van der Waals surface area contributed by atoms with E-state index in [0.29, 0.717) is 10.6 Å². The second kappa shape index (κ2) is 5.13. The van der Waals surface area contributed by atoms with E-state index in [1.54, 1.807) is 6.07 Å². The highest BCUT2D eigenvalue weighted by Gasteiger charge is 2.13. The van der Waals surface area contributed by atoms with Gasteiger partial charge in [-0.05, 0) is 38.0 Å². The minimum Gasteiger partial charge on any atom is -0.289 e. The standard InChI is InChI=1S/C13H15ClO/c1-4-10(5-2)13(15)11-8-9(3)6-7-12(11)14/h4,6-8H,5H2,1-3H3/b10-4-. The van der Waals surface area contributed by atoms with Crippen LogP contribution in [0.4, 0.5) is 0 Å². The Morgan fingerprint density at radius 1 is 1.47 bits per heavy atom. The van der Waals surface area contributed by atoms with Crippen molar-refractivity contribution in [3.63, 3.8) is 0 Å². The third kappa shape index (κ3) is 2.69. The first-order valence-corrected chi connectivity index (χ1v) is 5.44. The highest BCUT2D eigenvalue weighted by molar-refractivity contribution is 6.35. The molecule has 0 aromatic heterocycles. The SMILES string of the molecule is C/C=C(/CC)C(=O)c1cc(C)ccc1Cl. The van der Waals surface area contributed by atoms with Gasteiger partial charge in [0.15, 0.2) is 5.78 Å². The van der Waals surface area contributed by atoms with Gasteiger partial charge in [0, 0.05) is 5.56 Å². The summed E-state index contributed by atoms with van der Waals surface area (Å²) >= 11 is 6.00. The Hall–Kier alpha value is -1.08. The molecule has 80 valence electrons. The predicted octanol–water partition coefficient (Wildman–Crippen LogP) is 4.19. The van der Waals surface area contributed by atoms with Gasteiger partial charge in [0.25, 0.3) is 0 Å². The van der Waals surface area contributed by atoms with Crippen molar-refractivity contribution >= 4 is 17.4 Å². The number of rotatable bonds is 3. The Morgan fingerprint density at radius 2 is 2.13 bits per heavy atom. The summed E-state index contributed by atoms with van der Waals surface area (Å²) in [6.07, 6.45) is 2.58. The molecule has 0 saturated carbocycles. The molecule has 1 aromatic carbocycles. The summed E-state index contributed by atoms with van der Waals surface area (Å²) < 4.78 is 0. The van der Waals surface area contributed by atoms with E-state index in [4.69, 9.17) is 11.6 Å². The number of allylic oxidation sites excluding steroid dienone is 2. The van der Waals surface area contributed by atoms with Gasteiger partial charge in [-0.3, -0.25) is 4.79 Å². The first-order valence-electron chi connectivity index (χ1n) is 5.06. The Kier molecular flexibility index (Phi) is 4.10. The van der Waals surface area contributed by atoms with Crippen molar-refractivity contribution in [1.29, 1.82) is 0 Å². The summed E-state index contributed by atoms with van der Waals surface area (Å²) in [5.41, 5.74) is 2.46. The molecule has 1 aromatic rings. The minimum atomic E-state index is 0.0358. The van der Waals surface area contributed by atoms with Crippen LogP contribution < -0.4 is 0 Å². The van der Waals surface area contributed by atoms with E-state index < -0.39 is 0 Å². The van der Waals surface area contributed by atoms with E-state index in [1.165, 1.54) is 0 Å². The fraction of sp³-hybridized carbons (Fsp3) is 0.308. The molecule has 0 spiro atoms. The van der Waals surface area contributed by atoms with E-state index in [0.717, 1.165) is 17.6 Å². The molecule has 0 N–H and O–H groups in total. The van der Waals surface area contributed by atoms with Crippen LogP contribution in [-0.2, 0) is 0 Å². The van der Waals surface area contributed by atoms with Gasteiger partial charge in [0.05, 0.1) is 5.02 Å². The van der Waals surface area contributed by atoms with Gasteiger partial charge in [0.1, 0.15) is 0 Å². The van der Waals surface area contributed by atoms with E-state index in [2.05, 4.69) is 0 Å². The third-order valence-corrected chi connectivity index (χ3v) is 2.72. The number of hydrogen-bond acceptors (Lipinski definition) is 1. The lowest BCUT2D eigenvalue weighted by atomic mass is 10.00. The predicted molar refractivity (Wildman–Crippen MR) is 64.6 cm³/mol. The Bertz CT molecular complexity index is 405. The van der Waals surface area contributed by atoms with Crippen LogP contribution in [0, 0.1) is 6.92 Å². The van der Waals surface area contributed by atoms with Crippen LogP contribution in [0.3, 0.4) is 0 Å². The molecule has 1 rings (SSSR count). The van der Waals surface area contributed by atoms with E-state index in [-0.39, 0.29) is 5.78 Å². The van der Waals surface area contributed by atoms with Gasteiger partial charge < -0.3 is 0 Å². The Balaban J connectivity index is 3.16. The van der Waals surface area contributed by atoms with Crippen LogP contribution in [0.15, 0.2) is 29.8 Å². The molecular formula is C13H15ClO. The Morgan fingerprint density at radius 3 is 2.67 bits per heavy atom. The van der Waals surface area contributed by atoms with E-state index in [9.17, 15) is 4.79 Å². The van der Waals surface area contributed by atoms with Gasteiger partial charge in [-0.15, -0.1) is 0 Å². The molecule has 0 aliphatic heterocycles. The fourth-order valence-electron chi connectivity index (χ4n) is 1.48. The highest BCUT2D eigenvalue weighted by atomic mass is 35.5. The second-order valence-corrected chi connectivity index (χ2v) is 3.89. The van der Waals surface area contributed by atoms with Crippen LogP contribution in [0.5, 0.6) is 0 Å². The van der Waals surface area contributed by atoms with Crippen molar-refractivity contribution in [2.45, 2.75) is 27.2 Å². The number of Topliss-reactive ketones (excluding diaryl/α,β-unsaturated/α-hetero) is 1. The quantitative estimate of drug-likeness (QED) is 0.554. The summed E-state index contributed by atoms with van der Waals surface area (Å²) in [5, 5.41) is 0.526. The smallest absolute Gasteiger partial charge is 0.190 e. The summed E-state index contributed by atoms with van der Waals surface area (Å²) in [7, 11) is 0. The van der Waals surface area contributed by atoms with E-state index in [1.807, 2.05) is 39.0 Å². The van der Waals surface area contributed by atoms with Crippen LogP contribution in [-0.4, -0.2) is 5.78 Å². The van der Waals surface area contributed by atoms with Crippen LogP contribution in [0.2, 0.25) is 5.02 Å². The topological polar surface area (TPSA) is 17.1 Å². The van der Waals surface area contributed by atoms with Gasteiger partial charge in [0.2, 0.25) is 0 Å². The van der Waals surface area contributed by atoms with Crippen molar-refractivity contribution in [3.8, 4) is 0 Å². The van der Waals surface area contributed by atoms with Gasteiger partial charge in [-0.25, -0.2) is 0 Å². The lowest BCUT2D eigenvalue weighted by Crippen LogP contribution is -2.03. The molecule has 1 nitrogen and oxygen atoms in total. The first kappa shape index (κ1) is 12.0. The zero-order valence-electron chi connectivity index (χ0n) is 9.30. The molecule has 0 saturated heterocycles. The number of halogens is 1. The molecule has 0 unspecified atom stereocenters. The summed E-state index contributed by atoms with van der Waals surface area (Å²) in [5.74, 6) is 0.0358. The lowest BCUT2D eigenvalue weighted by molar-refractivity contribution is 0.103. The molecule has 0 aliphatic carbocycles. The molecule has 0 amide bonds. The highest BCUT2D eigenvalue weighted by Crippen LogP contribution is 2.21. The average Bonchev–Trinajstić information content (AvgIpc) is 2.23. The third-order valence-electron chi connectivity index (χ3n) is 2.39. The van der Waals surface area contributed by atoms with Crippen molar-refractivity contribution in [2.24, 2.45) is 0 Å². The maximum absolute atomic E-state index is 12.0. The molecule has 0 aliphatic rings. The zero-order valence-corrected chi connectivity index (χ0v) is 10.1. The van der Waals surface area contributed by atoms with Crippen molar-refractivity contribution in [3.05, 3.63) is 46.0 Å². The van der Waals surface area contributed by atoms with Crippen LogP contribution in [0.1, 0.15) is 36.2 Å². The monoisotopic (exact) mass is 222 g/mol. The van der Waals surface area contributed by atoms with E-state index >= 15 is 0 Å². The van der Waals surface area contributed by atoms with Gasteiger partial charge in [-0.2, -0.15) is 0 Å². The molecular weight excluding hydrogens is 208 g/mol. The van der Waals surface area contributed by atoms with Crippen molar-refractivity contribution in [2.75, 3.05) is 0 Å². The molecule has 0 heterocycles. The van der Waals surface area contributed by atoms with Crippen LogP contribution in [0.25, 0.3) is 0 Å². The van der Waals surface area contributed by atoms with Crippen molar-refractivity contribution < 1.29 is 4.79 Å². The molecule has 0 bridgehead atoms. The maximum Gasteiger partial charge on any atom is 0.190 e. The lowest BCUT2D eigenvalue weighted by Gasteiger charge is -2.06. The molecule has 0 fully saturated rings. The molecule has 0 radical (unpaired) electrons. The summed E-state index contributed by atoms with van der Waals surface area (Å²) in [6, 6.07) is 5.51. The minimum absolute atomic E-state index is 0.0358. The Labute approximate surface area is 95.8 Å². The number of carbonyl (C=O) groups excluding carboxylic acids is 1.